The number of nitrogens with one attached hydrogen (secondary N) is 1. The van der Waals surface area contributed by atoms with Crippen molar-refractivity contribution in [2.24, 2.45) is 0 Å². The SMILES string of the molecule is CC(CCc1ccccc1OCCF)NCC1(O)CCCCC1. The Morgan fingerprint density at radius 1 is 1.26 bits per heavy atom. The number of alkyl halides is 1. The van der Waals surface area contributed by atoms with E-state index in [4.69, 9.17) is 4.74 Å². The molecule has 2 N–H and O–H groups in total. The number of aryl methyl sites for hydroxylation is 1. The summed E-state index contributed by atoms with van der Waals surface area (Å²) in [6, 6.07) is 8.16. The van der Waals surface area contributed by atoms with E-state index in [1.54, 1.807) is 0 Å². The van der Waals surface area contributed by atoms with Crippen molar-refractivity contribution in [1.82, 2.24) is 5.32 Å². The van der Waals surface area contributed by atoms with Gasteiger partial charge in [0, 0.05) is 12.6 Å². The fraction of sp³-hybridized carbons (Fsp3) is 0.684. The Balaban J connectivity index is 1.76. The highest BCUT2D eigenvalue weighted by molar-refractivity contribution is 5.33. The summed E-state index contributed by atoms with van der Waals surface area (Å²) < 4.78 is 17.7. The molecule has 0 bridgehead atoms. The predicted molar refractivity (Wildman–Crippen MR) is 91.7 cm³/mol. The van der Waals surface area contributed by atoms with E-state index in [1.165, 1.54) is 6.42 Å². The Kier molecular flexibility index (Phi) is 7.31. The van der Waals surface area contributed by atoms with E-state index < -0.39 is 12.3 Å². The molecule has 0 aromatic heterocycles. The van der Waals surface area contributed by atoms with E-state index in [1.807, 2.05) is 24.3 Å². The van der Waals surface area contributed by atoms with Crippen LogP contribution in [0, 0.1) is 0 Å². The average Bonchev–Trinajstić information content (AvgIpc) is 2.58. The number of para-hydroxylation sites is 1. The zero-order chi connectivity index (χ0) is 16.5. The molecule has 0 heterocycles. The molecule has 1 saturated carbocycles. The average molecular weight is 323 g/mol. The van der Waals surface area contributed by atoms with Gasteiger partial charge in [-0.3, -0.25) is 0 Å². The van der Waals surface area contributed by atoms with Gasteiger partial charge in [0.25, 0.3) is 0 Å². The first-order valence-electron chi connectivity index (χ1n) is 8.85. The van der Waals surface area contributed by atoms with Gasteiger partial charge in [0.2, 0.25) is 0 Å². The van der Waals surface area contributed by atoms with Gasteiger partial charge in [0.1, 0.15) is 19.0 Å². The lowest BCUT2D eigenvalue weighted by molar-refractivity contribution is 0.00287. The van der Waals surface area contributed by atoms with Crippen LogP contribution in [0.4, 0.5) is 4.39 Å². The third-order valence-electron chi connectivity index (χ3n) is 4.72. The third-order valence-corrected chi connectivity index (χ3v) is 4.72. The van der Waals surface area contributed by atoms with E-state index in [2.05, 4.69) is 12.2 Å². The van der Waals surface area contributed by atoms with E-state index in [0.29, 0.717) is 12.6 Å². The fourth-order valence-electron chi connectivity index (χ4n) is 3.22. The second-order valence-corrected chi connectivity index (χ2v) is 6.75. The molecule has 0 aliphatic heterocycles. The highest BCUT2D eigenvalue weighted by atomic mass is 19.1. The summed E-state index contributed by atoms with van der Waals surface area (Å²) in [4.78, 5) is 0. The monoisotopic (exact) mass is 323 g/mol. The van der Waals surface area contributed by atoms with Crippen LogP contribution < -0.4 is 10.1 Å². The minimum atomic E-state index is -0.519. The van der Waals surface area contributed by atoms with Crippen LogP contribution >= 0.6 is 0 Å². The van der Waals surface area contributed by atoms with Crippen molar-refractivity contribution in [1.29, 1.82) is 0 Å². The Bertz CT molecular complexity index is 460. The quantitative estimate of drug-likeness (QED) is 0.729. The smallest absolute Gasteiger partial charge is 0.123 e. The summed E-state index contributed by atoms with van der Waals surface area (Å²) in [6.07, 6.45) is 7.17. The minimum absolute atomic E-state index is 0.109. The molecule has 1 aromatic rings. The molecule has 0 spiro atoms. The summed E-state index contributed by atoms with van der Waals surface area (Å²) in [7, 11) is 0. The molecule has 23 heavy (non-hydrogen) atoms. The van der Waals surface area contributed by atoms with Crippen molar-refractivity contribution >= 4 is 0 Å². The molecule has 0 radical (unpaired) electrons. The molecule has 1 aromatic carbocycles. The van der Waals surface area contributed by atoms with Crippen molar-refractivity contribution in [3.8, 4) is 5.75 Å². The lowest BCUT2D eigenvalue weighted by Crippen LogP contribution is -2.45. The Morgan fingerprint density at radius 2 is 2.00 bits per heavy atom. The maximum atomic E-state index is 12.3. The zero-order valence-electron chi connectivity index (χ0n) is 14.2. The van der Waals surface area contributed by atoms with Crippen LogP contribution in [0.1, 0.15) is 51.0 Å². The predicted octanol–water partition coefficient (Wildman–Crippen LogP) is 3.64. The standard InChI is InChI=1S/C19H30FNO2/c1-16(21-15-19(22)11-5-2-6-12-19)9-10-17-7-3-4-8-18(17)23-14-13-20/h3-4,7-8,16,21-22H,2,5-6,9-15H2,1H3. The van der Waals surface area contributed by atoms with Crippen LogP contribution in [0.15, 0.2) is 24.3 Å². The summed E-state index contributed by atoms with van der Waals surface area (Å²) in [5.74, 6) is 0.781. The van der Waals surface area contributed by atoms with Gasteiger partial charge in [0.15, 0.2) is 0 Å². The summed E-state index contributed by atoms with van der Waals surface area (Å²) >= 11 is 0. The summed E-state index contributed by atoms with van der Waals surface area (Å²) in [5, 5.41) is 14.0. The van der Waals surface area contributed by atoms with Gasteiger partial charge in [-0.25, -0.2) is 4.39 Å². The summed E-state index contributed by atoms with van der Waals surface area (Å²) in [5.41, 5.74) is 0.597. The van der Waals surface area contributed by atoms with Gasteiger partial charge < -0.3 is 15.2 Å². The van der Waals surface area contributed by atoms with Gasteiger partial charge >= 0.3 is 0 Å². The highest BCUT2D eigenvalue weighted by Gasteiger charge is 2.28. The molecule has 1 unspecified atom stereocenters. The molecule has 0 saturated heterocycles. The molecule has 4 heteroatoms. The van der Waals surface area contributed by atoms with Crippen LogP contribution in [0.2, 0.25) is 0 Å². The van der Waals surface area contributed by atoms with E-state index >= 15 is 0 Å². The lowest BCUT2D eigenvalue weighted by atomic mass is 9.84. The first-order chi connectivity index (χ1) is 11.1. The number of aliphatic hydroxyl groups is 1. The first-order valence-corrected chi connectivity index (χ1v) is 8.85. The Labute approximate surface area is 139 Å². The molecule has 1 aliphatic carbocycles. The summed E-state index contributed by atoms with van der Waals surface area (Å²) in [6.45, 7) is 2.47. The zero-order valence-corrected chi connectivity index (χ0v) is 14.2. The van der Waals surface area contributed by atoms with Gasteiger partial charge in [0.05, 0.1) is 5.60 Å². The number of halogens is 1. The normalized spacial score (nSPS) is 18.6. The molecule has 130 valence electrons. The third kappa shape index (κ3) is 6.11. The lowest BCUT2D eigenvalue weighted by Gasteiger charge is -2.33. The van der Waals surface area contributed by atoms with Gasteiger partial charge in [-0.2, -0.15) is 0 Å². The topological polar surface area (TPSA) is 41.5 Å². The van der Waals surface area contributed by atoms with Gasteiger partial charge in [-0.15, -0.1) is 0 Å². The maximum Gasteiger partial charge on any atom is 0.123 e. The highest BCUT2D eigenvalue weighted by Crippen LogP contribution is 2.27. The van der Waals surface area contributed by atoms with Crippen LogP contribution in [0.3, 0.4) is 0 Å². The van der Waals surface area contributed by atoms with Crippen molar-refractivity contribution in [2.75, 3.05) is 19.8 Å². The van der Waals surface area contributed by atoms with E-state index in [0.717, 1.165) is 49.8 Å². The second kappa shape index (κ2) is 9.24. The Morgan fingerprint density at radius 3 is 2.74 bits per heavy atom. The Hall–Kier alpha value is -1.13. The van der Waals surface area contributed by atoms with Crippen LogP contribution in [0.25, 0.3) is 0 Å². The van der Waals surface area contributed by atoms with Crippen molar-refractivity contribution in [3.05, 3.63) is 29.8 Å². The largest absolute Gasteiger partial charge is 0.491 e. The number of benzene rings is 1. The molecule has 1 aliphatic rings. The number of ether oxygens (including phenoxy) is 1. The maximum absolute atomic E-state index is 12.3. The number of hydrogen-bond acceptors (Lipinski definition) is 3. The van der Waals surface area contributed by atoms with Crippen LogP contribution in [-0.4, -0.2) is 36.6 Å². The minimum Gasteiger partial charge on any atom is -0.491 e. The fourth-order valence-corrected chi connectivity index (χ4v) is 3.22. The van der Waals surface area contributed by atoms with E-state index in [9.17, 15) is 9.50 Å². The van der Waals surface area contributed by atoms with E-state index in [-0.39, 0.29) is 6.61 Å². The molecule has 3 nitrogen and oxygen atoms in total. The van der Waals surface area contributed by atoms with Crippen molar-refractivity contribution in [3.63, 3.8) is 0 Å². The first kappa shape index (κ1) is 18.2. The van der Waals surface area contributed by atoms with Crippen molar-refractivity contribution in [2.45, 2.75) is 63.5 Å². The van der Waals surface area contributed by atoms with Gasteiger partial charge in [-0.1, -0.05) is 37.5 Å². The second-order valence-electron chi connectivity index (χ2n) is 6.75. The molecular weight excluding hydrogens is 293 g/mol. The van der Waals surface area contributed by atoms with Gasteiger partial charge in [-0.05, 0) is 44.2 Å². The van der Waals surface area contributed by atoms with Crippen LogP contribution in [-0.2, 0) is 6.42 Å². The molecule has 0 amide bonds. The number of rotatable bonds is 9. The molecule has 2 rings (SSSR count). The van der Waals surface area contributed by atoms with Crippen LogP contribution in [0.5, 0.6) is 5.75 Å². The number of hydrogen-bond donors (Lipinski definition) is 2. The van der Waals surface area contributed by atoms with Crippen molar-refractivity contribution < 1.29 is 14.2 Å². The molecular formula is C19H30FNO2. The molecule has 1 fully saturated rings. The molecule has 1 atom stereocenters.